The van der Waals surface area contributed by atoms with Crippen LogP contribution in [-0.4, -0.2) is 52.0 Å². The third-order valence-corrected chi connectivity index (χ3v) is 3.45. The second kappa shape index (κ2) is 9.05. The van der Waals surface area contributed by atoms with Crippen molar-refractivity contribution in [3.8, 4) is 17.1 Å². The average molecular weight is 333 g/mol. The predicted molar refractivity (Wildman–Crippen MR) is 90.3 cm³/mol. The molecule has 0 aliphatic rings. The van der Waals surface area contributed by atoms with Crippen LogP contribution in [0.3, 0.4) is 0 Å². The van der Waals surface area contributed by atoms with Crippen LogP contribution in [0.1, 0.15) is 30.3 Å². The molecule has 0 aliphatic heterocycles. The molecule has 0 fully saturated rings. The SMILES string of the molecule is CCCCNCC(O)COc1ccc(-c2nc(C(=O)O)c[nH]2)cc1. The summed E-state index contributed by atoms with van der Waals surface area (Å²) in [4.78, 5) is 17.6. The Labute approximate surface area is 140 Å². The zero-order valence-corrected chi connectivity index (χ0v) is 13.7. The standard InChI is InChI=1S/C17H23N3O4/c1-2-3-8-18-9-13(21)11-24-14-6-4-12(5-7-14)16-19-10-15(20-16)17(22)23/h4-7,10,13,18,21H,2-3,8-9,11H2,1H3,(H,19,20)(H,22,23). The molecule has 0 bridgehead atoms. The number of aromatic nitrogens is 2. The number of aromatic carboxylic acids is 1. The number of carboxylic acids is 1. The number of nitrogens with zero attached hydrogens (tertiary/aromatic N) is 1. The number of rotatable bonds is 10. The van der Waals surface area contributed by atoms with Crippen molar-refractivity contribution in [2.24, 2.45) is 0 Å². The number of carboxylic acid groups (broad SMARTS) is 1. The molecule has 130 valence electrons. The van der Waals surface area contributed by atoms with Gasteiger partial charge in [0.1, 0.15) is 24.3 Å². The predicted octanol–water partition coefficient (Wildman–Crippen LogP) is 1.90. The van der Waals surface area contributed by atoms with Crippen molar-refractivity contribution in [1.82, 2.24) is 15.3 Å². The van der Waals surface area contributed by atoms with Crippen molar-refractivity contribution in [3.63, 3.8) is 0 Å². The molecule has 7 heteroatoms. The quantitative estimate of drug-likeness (QED) is 0.495. The first-order valence-corrected chi connectivity index (χ1v) is 8.01. The molecule has 4 N–H and O–H groups in total. The third kappa shape index (κ3) is 5.36. The van der Waals surface area contributed by atoms with E-state index in [-0.39, 0.29) is 12.3 Å². The molecular weight excluding hydrogens is 310 g/mol. The molecule has 1 unspecified atom stereocenters. The number of unbranched alkanes of at least 4 members (excludes halogenated alkanes) is 1. The minimum atomic E-state index is -1.07. The lowest BCUT2D eigenvalue weighted by Gasteiger charge is -2.13. The first-order valence-electron chi connectivity index (χ1n) is 8.01. The number of aromatic amines is 1. The first-order chi connectivity index (χ1) is 11.6. The minimum absolute atomic E-state index is 0.0241. The van der Waals surface area contributed by atoms with Crippen LogP contribution in [0.4, 0.5) is 0 Å². The van der Waals surface area contributed by atoms with E-state index in [9.17, 15) is 9.90 Å². The van der Waals surface area contributed by atoms with Crippen LogP contribution in [0.15, 0.2) is 30.5 Å². The Morgan fingerprint density at radius 1 is 1.38 bits per heavy atom. The lowest BCUT2D eigenvalue weighted by Crippen LogP contribution is -2.31. The van der Waals surface area contributed by atoms with Crippen LogP contribution in [0.2, 0.25) is 0 Å². The van der Waals surface area contributed by atoms with Gasteiger partial charge in [-0.3, -0.25) is 0 Å². The maximum atomic E-state index is 10.8. The van der Waals surface area contributed by atoms with Crippen LogP contribution >= 0.6 is 0 Å². The molecule has 0 spiro atoms. The molecule has 2 aromatic rings. The Hall–Kier alpha value is -2.38. The molecule has 1 heterocycles. The van der Waals surface area contributed by atoms with Crippen molar-refractivity contribution in [2.75, 3.05) is 19.7 Å². The molecule has 24 heavy (non-hydrogen) atoms. The Morgan fingerprint density at radius 2 is 2.12 bits per heavy atom. The summed E-state index contributed by atoms with van der Waals surface area (Å²) in [6, 6.07) is 7.09. The van der Waals surface area contributed by atoms with Crippen molar-refractivity contribution in [2.45, 2.75) is 25.9 Å². The summed E-state index contributed by atoms with van der Waals surface area (Å²) in [6.45, 7) is 3.73. The van der Waals surface area contributed by atoms with Gasteiger partial charge in [-0.2, -0.15) is 0 Å². The summed E-state index contributed by atoms with van der Waals surface area (Å²) >= 11 is 0. The van der Waals surface area contributed by atoms with E-state index in [0.717, 1.165) is 24.9 Å². The maximum absolute atomic E-state index is 10.8. The van der Waals surface area contributed by atoms with E-state index >= 15 is 0 Å². The van der Waals surface area contributed by atoms with E-state index in [2.05, 4.69) is 22.2 Å². The minimum Gasteiger partial charge on any atom is -0.491 e. The average Bonchev–Trinajstić information content (AvgIpc) is 3.08. The highest BCUT2D eigenvalue weighted by Crippen LogP contribution is 2.20. The van der Waals surface area contributed by atoms with Crippen LogP contribution in [0.25, 0.3) is 11.4 Å². The van der Waals surface area contributed by atoms with Crippen LogP contribution in [0.5, 0.6) is 5.75 Å². The monoisotopic (exact) mass is 333 g/mol. The second-order valence-corrected chi connectivity index (χ2v) is 5.49. The van der Waals surface area contributed by atoms with Gasteiger partial charge in [-0.15, -0.1) is 0 Å². The van der Waals surface area contributed by atoms with Crippen molar-refractivity contribution >= 4 is 5.97 Å². The van der Waals surface area contributed by atoms with Gasteiger partial charge in [0.25, 0.3) is 0 Å². The summed E-state index contributed by atoms with van der Waals surface area (Å²) in [7, 11) is 0. The first kappa shape index (κ1) is 18.0. The summed E-state index contributed by atoms with van der Waals surface area (Å²) < 4.78 is 5.54. The summed E-state index contributed by atoms with van der Waals surface area (Å²) in [6.07, 6.45) is 3.00. The molecule has 0 saturated carbocycles. The number of nitrogens with one attached hydrogen (secondary N) is 2. The number of imidazole rings is 1. The molecule has 1 aromatic carbocycles. The normalized spacial score (nSPS) is 12.1. The summed E-state index contributed by atoms with van der Waals surface area (Å²) in [5.74, 6) is 0.0504. The lowest BCUT2D eigenvalue weighted by atomic mass is 10.2. The smallest absolute Gasteiger partial charge is 0.356 e. The van der Waals surface area contributed by atoms with E-state index in [1.807, 2.05) is 0 Å². The molecule has 7 nitrogen and oxygen atoms in total. The Kier molecular flexibility index (Phi) is 6.77. The molecule has 2 rings (SSSR count). The molecule has 1 aromatic heterocycles. The zero-order valence-electron chi connectivity index (χ0n) is 13.7. The van der Waals surface area contributed by atoms with Crippen molar-refractivity contribution < 1.29 is 19.7 Å². The highest BCUT2D eigenvalue weighted by Gasteiger charge is 2.10. The van der Waals surface area contributed by atoms with E-state index in [1.54, 1.807) is 24.3 Å². The van der Waals surface area contributed by atoms with Gasteiger partial charge in [0.05, 0.1) is 0 Å². The van der Waals surface area contributed by atoms with Gasteiger partial charge in [0, 0.05) is 18.3 Å². The van der Waals surface area contributed by atoms with E-state index in [4.69, 9.17) is 9.84 Å². The molecule has 0 amide bonds. The number of H-pyrrole nitrogens is 1. The fraction of sp³-hybridized carbons (Fsp3) is 0.412. The zero-order chi connectivity index (χ0) is 17.4. The molecule has 0 aliphatic carbocycles. The summed E-state index contributed by atoms with van der Waals surface area (Å²) in [5, 5.41) is 21.9. The topological polar surface area (TPSA) is 107 Å². The Balaban J connectivity index is 1.82. The van der Waals surface area contributed by atoms with Crippen LogP contribution in [-0.2, 0) is 0 Å². The van der Waals surface area contributed by atoms with Crippen LogP contribution in [0, 0.1) is 0 Å². The van der Waals surface area contributed by atoms with Gasteiger partial charge in [-0.05, 0) is 37.2 Å². The van der Waals surface area contributed by atoms with Gasteiger partial charge < -0.3 is 25.3 Å². The second-order valence-electron chi connectivity index (χ2n) is 5.49. The van der Waals surface area contributed by atoms with Gasteiger partial charge in [-0.1, -0.05) is 13.3 Å². The van der Waals surface area contributed by atoms with Gasteiger partial charge >= 0.3 is 5.97 Å². The lowest BCUT2D eigenvalue weighted by molar-refractivity contribution is 0.0691. The number of ether oxygens (including phenoxy) is 1. The van der Waals surface area contributed by atoms with E-state index in [0.29, 0.717) is 18.1 Å². The fourth-order valence-corrected chi connectivity index (χ4v) is 2.11. The number of hydrogen-bond donors (Lipinski definition) is 4. The highest BCUT2D eigenvalue weighted by molar-refractivity contribution is 5.85. The van der Waals surface area contributed by atoms with Crippen molar-refractivity contribution in [1.29, 1.82) is 0 Å². The number of benzene rings is 1. The number of aliphatic hydroxyl groups excluding tert-OH is 1. The van der Waals surface area contributed by atoms with E-state index < -0.39 is 12.1 Å². The largest absolute Gasteiger partial charge is 0.491 e. The van der Waals surface area contributed by atoms with Crippen LogP contribution < -0.4 is 10.1 Å². The van der Waals surface area contributed by atoms with Crippen molar-refractivity contribution in [3.05, 3.63) is 36.2 Å². The fourth-order valence-electron chi connectivity index (χ4n) is 2.11. The van der Waals surface area contributed by atoms with E-state index in [1.165, 1.54) is 6.20 Å². The molecule has 0 radical (unpaired) electrons. The highest BCUT2D eigenvalue weighted by atomic mass is 16.5. The molecular formula is C17H23N3O4. The Bertz CT molecular complexity index is 640. The molecule has 0 saturated heterocycles. The van der Waals surface area contributed by atoms with Gasteiger partial charge in [0.15, 0.2) is 5.69 Å². The maximum Gasteiger partial charge on any atom is 0.356 e. The number of aliphatic hydroxyl groups is 1. The van der Waals surface area contributed by atoms with Gasteiger partial charge in [-0.25, -0.2) is 9.78 Å². The number of hydrogen-bond acceptors (Lipinski definition) is 5. The molecule has 1 atom stereocenters. The van der Waals surface area contributed by atoms with Gasteiger partial charge in [0.2, 0.25) is 0 Å². The Morgan fingerprint density at radius 3 is 2.75 bits per heavy atom. The summed E-state index contributed by atoms with van der Waals surface area (Å²) in [5.41, 5.74) is 0.737. The number of carbonyl (C=O) groups is 1. The third-order valence-electron chi connectivity index (χ3n) is 3.45.